The molecule has 0 heterocycles. The molecule has 106 valence electrons. The van der Waals surface area contributed by atoms with E-state index in [1.165, 1.54) is 19.3 Å². The molecular formula is C16H24O3. The number of rotatable bonds is 10. The molecule has 0 N–H and O–H groups in total. The molecule has 0 aliphatic heterocycles. The van der Waals surface area contributed by atoms with E-state index in [4.69, 9.17) is 9.47 Å². The summed E-state index contributed by atoms with van der Waals surface area (Å²) in [4.78, 5) is 12.0. The molecule has 1 aromatic rings. The lowest BCUT2D eigenvalue weighted by Crippen LogP contribution is -2.11. The van der Waals surface area contributed by atoms with Gasteiger partial charge in [-0.1, -0.05) is 38.3 Å². The second-order valence-electron chi connectivity index (χ2n) is 4.47. The lowest BCUT2D eigenvalue weighted by atomic mass is 10.1. The molecule has 1 aromatic carbocycles. The molecule has 0 bridgehead atoms. The number of ether oxygens (including phenoxy) is 2. The number of hydrogen-bond donors (Lipinski definition) is 0. The minimum Gasteiger partial charge on any atom is -0.493 e. The number of hydrogen-bond acceptors (Lipinski definition) is 3. The van der Waals surface area contributed by atoms with Crippen molar-refractivity contribution < 1.29 is 14.3 Å². The van der Waals surface area contributed by atoms with Crippen molar-refractivity contribution in [1.82, 2.24) is 0 Å². The lowest BCUT2D eigenvalue weighted by molar-refractivity contribution is 0.0749. The summed E-state index contributed by atoms with van der Waals surface area (Å²) in [6.07, 6.45) is 4.62. The van der Waals surface area contributed by atoms with Crippen molar-refractivity contribution in [3.63, 3.8) is 0 Å². The number of Topliss-reactive ketones (excluding diaryl/α,β-unsaturated/α-hetero) is 1. The Labute approximate surface area is 115 Å². The number of carbonyl (C=O) groups is 1. The number of ketones is 1. The third kappa shape index (κ3) is 5.88. The average Bonchev–Trinajstić information content (AvgIpc) is 2.43. The smallest absolute Gasteiger partial charge is 0.192 e. The summed E-state index contributed by atoms with van der Waals surface area (Å²) in [6, 6.07) is 7.32. The van der Waals surface area contributed by atoms with Gasteiger partial charge < -0.3 is 9.47 Å². The third-order valence-corrected chi connectivity index (χ3v) is 2.86. The molecule has 0 saturated carbocycles. The Kier molecular flexibility index (Phi) is 7.91. The normalized spacial score (nSPS) is 10.4. The number of benzene rings is 1. The number of carbonyl (C=O) groups excluding carboxylic acids is 1. The maximum Gasteiger partial charge on any atom is 0.192 e. The molecule has 0 aliphatic carbocycles. The summed E-state index contributed by atoms with van der Waals surface area (Å²) in [5, 5.41) is 0. The molecule has 0 radical (unpaired) electrons. The van der Waals surface area contributed by atoms with Crippen molar-refractivity contribution in [2.75, 3.05) is 19.8 Å². The summed E-state index contributed by atoms with van der Waals surface area (Å²) in [7, 11) is 0. The van der Waals surface area contributed by atoms with Gasteiger partial charge >= 0.3 is 0 Å². The molecule has 3 heteroatoms. The van der Waals surface area contributed by atoms with Gasteiger partial charge in [0.2, 0.25) is 0 Å². The van der Waals surface area contributed by atoms with Gasteiger partial charge in [-0.3, -0.25) is 4.79 Å². The third-order valence-electron chi connectivity index (χ3n) is 2.86. The first-order valence-corrected chi connectivity index (χ1v) is 7.12. The highest BCUT2D eigenvalue weighted by Gasteiger charge is 2.11. The largest absolute Gasteiger partial charge is 0.493 e. The first-order chi connectivity index (χ1) is 9.29. The molecule has 0 aromatic heterocycles. The predicted molar refractivity (Wildman–Crippen MR) is 76.9 cm³/mol. The Morgan fingerprint density at radius 1 is 1.11 bits per heavy atom. The van der Waals surface area contributed by atoms with Crippen LogP contribution in [0.1, 0.15) is 49.9 Å². The van der Waals surface area contributed by atoms with E-state index in [1.54, 1.807) is 6.07 Å². The topological polar surface area (TPSA) is 35.5 Å². The molecule has 0 unspecified atom stereocenters. The summed E-state index contributed by atoms with van der Waals surface area (Å²) in [6.45, 7) is 5.43. The van der Waals surface area contributed by atoms with E-state index in [0.29, 0.717) is 24.5 Å². The molecule has 0 spiro atoms. The quantitative estimate of drug-likeness (QED) is 0.475. The fourth-order valence-corrected chi connectivity index (χ4v) is 1.85. The lowest BCUT2D eigenvalue weighted by Gasteiger charge is -2.09. The fourth-order valence-electron chi connectivity index (χ4n) is 1.85. The first-order valence-electron chi connectivity index (χ1n) is 7.12. The van der Waals surface area contributed by atoms with Crippen molar-refractivity contribution in [1.29, 1.82) is 0 Å². The molecule has 0 fully saturated rings. The van der Waals surface area contributed by atoms with Gasteiger partial charge in [0.05, 0.1) is 12.2 Å². The molecule has 0 amide bonds. The Balaban J connectivity index is 2.36. The Morgan fingerprint density at radius 3 is 2.63 bits per heavy atom. The summed E-state index contributed by atoms with van der Waals surface area (Å²) in [5.74, 6) is 0.629. The van der Waals surface area contributed by atoms with Gasteiger partial charge in [-0.05, 0) is 25.5 Å². The molecule has 0 atom stereocenters. The second kappa shape index (κ2) is 9.56. The van der Waals surface area contributed by atoms with Crippen LogP contribution in [0.3, 0.4) is 0 Å². The van der Waals surface area contributed by atoms with Gasteiger partial charge in [-0.15, -0.1) is 0 Å². The van der Waals surface area contributed by atoms with Gasteiger partial charge in [0.15, 0.2) is 5.78 Å². The van der Waals surface area contributed by atoms with Crippen molar-refractivity contribution in [3.8, 4) is 5.75 Å². The highest BCUT2D eigenvalue weighted by Crippen LogP contribution is 2.18. The van der Waals surface area contributed by atoms with E-state index in [1.807, 2.05) is 25.1 Å². The van der Waals surface area contributed by atoms with E-state index >= 15 is 0 Å². The van der Waals surface area contributed by atoms with Crippen LogP contribution in [0.15, 0.2) is 24.3 Å². The molecule has 3 nitrogen and oxygen atoms in total. The zero-order valence-corrected chi connectivity index (χ0v) is 12.0. The average molecular weight is 264 g/mol. The molecule has 1 rings (SSSR count). The maximum absolute atomic E-state index is 12.0. The van der Waals surface area contributed by atoms with Crippen LogP contribution in [0.4, 0.5) is 0 Å². The number of unbranched alkanes of at least 4 members (excludes halogenated alkanes) is 3. The standard InChI is InChI=1S/C16H24O3/c1-3-5-6-9-12-18-13-15(17)14-10-7-8-11-16(14)19-4-2/h7-8,10-11H,3-6,9,12-13H2,1-2H3. The minimum atomic E-state index is -0.0143. The van der Waals surface area contributed by atoms with Crippen molar-refractivity contribution >= 4 is 5.78 Å². The zero-order chi connectivity index (χ0) is 13.9. The molecular weight excluding hydrogens is 240 g/mol. The first kappa shape index (κ1) is 15.7. The van der Waals surface area contributed by atoms with Crippen LogP contribution in [-0.4, -0.2) is 25.6 Å². The van der Waals surface area contributed by atoms with Crippen LogP contribution in [-0.2, 0) is 4.74 Å². The molecule has 0 saturated heterocycles. The van der Waals surface area contributed by atoms with Crippen LogP contribution in [0.5, 0.6) is 5.75 Å². The van der Waals surface area contributed by atoms with Gasteiger partial charge in [0.25, 0.3) is 0 Å². The van der Waals surface area contributed by atoms with Gasteiger partial charge in [-0.25, -0.2) is 0 Å². The predicted octanol–water partition coefficient (Wildman–Crippen LogP) is 3.86. The summed E-state index contributed by atoms with van der Waals surface area (Å²) in [5.41, 5.74) is 0.609. The Bertz CT molecular complexity index is 374. The second-order valence-corrected chi connectivity index (χ2v) is 4.47. The van der Waals surface area contributed by atoms with Crippen LogP contribution in [0.2, 0.25) is 0 Å². The Hall–Kier alpha value is -1.35. The van der Waals surface area contributed by atoms with E-state index in [-0.39, 0.29) is 12.4 Å². The molecule has 0 aliphatic rings. The minimum absolute atomic E-state index is 0.0143. The summed E-state index contributed by atoms with van der Waals surface area (Å²) < 4.78 is 10.9. The Morgan fingerprint density at radius 2 is 1.89 bits per heavy atom. The summed E-state index contributed by atoms with van der Waals surface area (Å²) >= 11 is 0. The fraction of sp³-hybridized carbons (Fsp3) is 0.562. The van der Waals surface area contributed by atoms with E-state index in [2.05, 4.69) is 6.92 Å². The SMILES string of the molecule is CCCCCCOCC(=O)c1ccccc1OCC. The highest BCUT2D eigenvalue weighted by molar-refractivity contribution is 5.99. The zero-order valence-electron chi connectivity index (χ0n) is 12.0. The monoisotopic (exact) mass is 264 g/mol. The van der Waals surface area contributed by atoms with E-state index < -0.39 is 0 Å². The number of para-hydroxylation sites is 1. The van der Waals surface area contributed by atoms with Crippen LogP contribution < -0.4 is 4.74 Å². The van der Waals surface area contributed by atoms with Gasteiger partial charge in [-0.2, -0.15) is 0 Å². The maximum atomic E-state index is 12.0. The van der Waals surface area contributed by atoms with Crippen molar-refractivity contribution in [2.45, 2.75) is 39.5 Å². The van der Waals surface area contributed by atoms with Crippen LogP contribution in [0.25, 0.3) is 0 Å². The van der Waals surface area contributed by atoms with Gasteiger partial charge in [0.1, 0.15) is 12.4 Å². The van der Waals surface area contributed by atoms with E-state index in [0.717, 1.165) is 6.42 Å². The van der Waals surface area contributed by atoms with Crippen LogP contribution >= 0.6 is 0 Å². The molecule has 19 heavy (non-hydrogen) atoms. The van der Waals surface area contributed by atoms with E-state index in [9.17, 15) is 4.79 Å². The van der Waals surface area contributed by atoms with Gasteiger partial charge in [0, 0.05) is 6.61 Å². The van der Waals surface area contributed by atoms with Crippen molar-refractivity contribution in [3.05, 3.63) is 29.8 Å². The van der Waals surface area contributed by atoms with Crippen LogP contribution in [0, 0.1) is 0 Å². The highest BCUT2D eigenvalue weighted by atomic mass is 16.5. The van der Waals surface area contributed by atoms with Crippen molar-refractivity contribution in [2.24, 2.45) is 0 Å².